The van der Waals surface area contributed by atoms with Crippen LogP contribution in [0.3, 0.4) is 0 Å². The molecule has 8 nitrogen and oxygen atoms in total. The van der Waals surface area contributed by atoms with Gasteiger partial charge in [-0.25, -0.2) is 9.97 Å². The van der Waals surface area contributed by atoms with Gasteiger partial charge in [0.05, 0.1) is 5.52 Å². The second-order valence-electron chi connectivity index (χ2n) is 7.17. The van der Waals surface area contributed by atoms with E-state index in [2.05, 4.69) is 25.6 Å². The minimum Gasteiger partial charge on any atom is -0.457 e. The minimum absolute atomic E-state index is 0.138. The summed E-state index contributed by atoms with van der Waals surface area (Å²) in [5.41, 5.74) is 7.32. The molecule has 4 N–H and O–H groups in total. The van der Waals surface area contributed by atoms with Crippen molar-refractivity contribution < 1.29 is 9.53 Å². The van der Waals surface area contributed by atoms with Crippen LogP contribution in [0.1, 0.15) is 36.2 Å². The number of pyridine rings is 1. The summed E-state index contributed by atoms with van der Waals surface area (Å²) in [7, 11) is 1.56. The van der Waals surface area contributed by atoms with E-state index in [0.717, 1.165) is 23.7 Å². The molecule has 2 aromatic heterocycles. The topological polar surface area (TPSA) is 115 Å². The van der Waals surface area contributed by atoms with Crippen LogP contribution in [0, 0.1) is 0 Å². The molecule has 0 unspecified atom stereocenters. The first kappa shape index (κ1) is 19.1. The lowest BCUT2D eigenvalue weighted by Crippen LogP contribution is -2.42. The highest BCUT2D eigenvalue weighted by atomic mass is 16.5. The molecule has 2 heterocycles. The van der Waals surface area contributed by atoms with Crippen molar-refractivity contribution in [3.05, 3.63) is 48.4 Å². The molecule has 0 aliphatic heterocycles. The van der Waals surface area contributed by atoms with Crippen molar-refractivity contribution in [3.63, 3.8) is 0 Å². The number of nitrogens with two attached hydrogens (primary N) is 1. The lowest BCUT2D eigenvalue weighted by atomic mass is 9.91. The highest BCUT2D eigenvalue weighted by molar-refractivity contribution is 5.92. The second-order valence-corrected chi connectivity index (χ2v) is 7.17. The minimum atomic E-state index is -0.264. The van der Waals surface area contributed by atoms with E-state index in [1.165, 1.54) is 19.0 Å². The molecule has 1 fully saturated rings. The summed E-state index contributed by atoms with van der Waals surface area (Å²) in [6.45, 7) is 0. The van der Waals surface area contributed by atoms with Crippen molar-refractivity contribution >= 4 is 22.8 Å². The zero-order valence-corrected chi connectivity index (χ0v) is 16.3. The Labute approximate surface area is 168 Å². The molecule has 150 valence electrons. The van der Waals surface area contributed by atoms with Gasteiger partial charge in [-0.3, -0.25) is 9.78 Å². The maximum atomic E-state index is 11.7. The molecule has 0 saturated heterocycles. The molecule has 2 atom stereocenters. The van der Waals surface area contributed by atoms with Crippen molar-refractivity contribution in [2.45, 2.75) is 37.8 Å². The molecule has 29 heavy (non-hydrogen) atoms. The lowest BCUT2D eigenvalue weighted by Gasteiger charge is -2.29. The summed E-state index contributed by atoms with van der Waals surface area (Å²) in [6, 6.07) is 9.24. The van der Waals surface area contributed by atoms with Gasteiger partial charge in [-0.15, -0.1) is 0 Å². The predicted molar refractivity (Wildman–Crippen MR) is 111 cm³/mol. The van der Waals surface area contributed by atoms with Crippen LogP contribution < -0.4 is 21.1 Å². The smallest absolute Gasteiger partial charge is 0.269 e. The molecule has 0 radical (unpaired) electrons. The van der Waals surface area contributed by atoms with Crippen molar-refractivity contribution in [1.82, 2.24) is 20.3 Å². The number of nitrogens with zero attached hydrogens (tertiary/aromatic N) is 3. The van der Waals surface area contributed by atoms with Crippen molar-refractivity contribution in [2.24, 2.45) is 5.73 Å². The average Bonchev–Trinajstić information content (AvgIpc) is 2.75. The molecule has 4 rings (SSSR count). The highest BCUT2D eigenvalue weighted by Gasteiger charge is 2.22. The molecule has 1 aromatic carbocycles. The molecular formula is C21H24N6O2. The zero-order valence-electron chi connectivity index (χ0n) is 16.3. The van der Waals surface area contributed by atoms with Gasteiger partial charge < -0.3 is 21.1 Å². The van der Waals surface area contributed by atoms with Crippen LogP contribution in [0.2, 0.25) is 0 Å². The number of hydrogen-bond donors (Lipinski definition) is 3. The van der Waals surface area contributed by atoms with E-state index in [1.54, 1.807) is 25.4 Å². The van der Waals surface area contributed by atoms with Crippen LogP contribution in [0.4, 0.5) is 5.95 Å². The Morgan fingerprint density at radius 3 is 2.79 bits per heavy atom. The summed E-state index contributed by atoms with van der Waals surface area (Å²) in [4.78, 5) is 24.8. The van der Waals surface area contributed by atoms with Crippen LogP contribution >= 0.6 is 0 Å². The number of benzene rings is 1. The fourth-order valence-electron chi connectivity index (χ4n) is 3.51. The number of ether oxygens (including phenoxy) is 1. The number of amides is 1. The third kappa shape index (κ3) is 4.43. The summed E-state index contributed by atoms with van der Waals surface area (Å²) in [5.74, 6) is 1.49. The van der Waals surface area contributed by atoms with Crippen LogP contribution in [0.5, 0.6) is 11.5 Å². The highest BCUT2D eigenvalue weighted by Crippen LogP contribution is 2.26. The van der Waals surface area contributed by atoms with Gasteiger partial charge in [0.2, 0.25) is 5.95 Å². The van der Waals surface area contributed by atoms with Gasteiger partial charge in [0, 0.05) is 43.0 Å². The van der Waals surface area contributed by atoms with Gasteiger partial charge in [-0.2, -0.15) is 0 Å². The van der Waals surface area contributed by atoms with Crippen LogP contribution in [-0.2, 0) is 0 Å². The fourth-order valence-corrected chi connectivity index (χ4v) is 3.51. The first-order valence-electron chi connectivity index (χ1n) is 9.77. The SMILES string of the molecule is CNC(=O)c1cc(Oc2ccc3nc(N[C@@H]4CCCC[C@H]4N)ncc3c2)ccn1. The van der Waals surface area contributed by atoms with E-state index < -0.39 is 0 Å². The number of anilines is 1. The van der Waals surface area contributed by atoms with E-state index >= 15 is 0 Å². The van der Waals surface area contributed by atoms with Gasteiger partial charge in [0.1, 0.15) is 17.2 Å². The van der Waals surface area contributed by atoms with E-state index in [0.29, 0.717) is 23.1 Å². The molecule has 0 bridgehead atoms. The summed E-state index contributed by atoms with van der Waals surface area (Å²) < 4.78 is 5.88. The molecule has 0 spiro atoms. The normalized spacial score (nSPS) is 19.0. The summed E-state index contributed by atoms with van der Waals surface area (Å²) in [5, 5.41) is 6.79. The van der Waals surface area contributed by atoms with Crippen LogP contribution in [0.15, 0.2) is 42.7 Å². The second kappa shape index (κ2) is 8.40. The number of fused-ring (bicyclic) bond motifs is 1. The van der Waals surface area contributed by atoms with E-state index in [4.69, 9.17) is 10.5 Å². The Bertz CT molecular complexity index is 1020. The third-order valence-electron chi connectivity index (χ3n) is 5.11. The Morgan fingerprint density at radius 1 is 1.14 bits per heavy atom. The monoisotopic (exact) mass is 392 g/mol. The van der Waals surface area contributed by atoms with Gasteiger partial charge in [0.25, 0.3) is 5.91 Å². The quantitative estimate of drug-likeness (QED) is 0.611. The summed E-state index contributed by atoms with van der Waals surface area (Å²) >= 11 is 0. The Balaban J connectivity index is 1.50. The van der Waals surface area contributed by atoms with Gasteiger partial charge in [-0.1, -0.05) is 12.8 Å². The van der Waals surface area contributed by atoms with E-state index in [1.807, 2.05) is 18.2 Å². The largest absolute Gasteiger partial charge is 0.457 e. The predicted octanol–water partition coefficient (Wildman–Crippen LogP) is 2.86. The number of hydrogen-bond acceptors (Lipinski definition) is 7. The maximum absolute atomic E-state index is 11.7. The third-order valence-corrected chi connectivity index (χ3v) is 5.11. The summed E-state index contributed by atoms with van der Waals surface area (Å²) in [6.07, 6.45) is 7.74. The van der Waals surface area contributed by atoms with Crippen LogP contribution in [0.25, 0.3) is 10.9 Å². The maximum Gasteiger partial charge on any atom is 0.269 e. The Kier molecular flexibility index (Phi) is 5.53. The van der Waals surface area contributed by atoms with Crippen molar-refractivity contribution in [2.75, 3.05) is 12.4 Å². The molecule has 1 amide bonds. The number of carbonyl (C=O) groups is 1. The average molecular weight is 392 g/mol. The number of rotatable bonds is 5. The van der Waals surface area contributed by atoms with Crippen LogP contribution in [-0.4, -0.2) is 40.0 Å². The van der Waals surface area contributed by atoms with E-state index in [-0.39, 0.29) is 18.0 Å². The molecule has 8 heteroatoms. The molecule has 1 aliphatic rings. The number of nitrogens with one attached hydrogen (secondary N) is 2. The zero-order chi connectivity index (χ0) is 20.2. The molecule has 1 saturated carbocycles. The Hall–Kier alpha value is -3.26. The Morgan fingerprint density at radius 2 is 1.97 bits per heavy atom. The van der Waals surface area contributed by atoms with Gasteiger partial charge in [-0.05, 0) is 37.1 Å². The lowest BCUT2D eigenvalue weighted by molar-refractivity contribution is 0.0958. The molecule has 3 aromatic rings. The number of carbonyl (C=O) groups excluding carboxylic acids is 1. The first-order chi connectivity index (χ1) is 14.1. The first-order valence-corrected chi connectivity index (χ1v) is 9.77. The number of aromatic nitrogens is 3. The molecular weight excluding hydrogens is 368 g/mol. The van der Waals surface area contributed by atoms with Crippen molar-refractivity contribution in [1.29, 1.82) is 0 Å². The van der Waals surface area contributed by atoms with Crippen molar-refractivity contribution in [3.8, 4) is 11.5 Å². The fraction of sp³-hybridized carbons (Fsp3) is 0.333. The van der Waals surface area contributed by atoms with Gasteiger partial charge in [0.15, 0.2) is 0 Å². The van der Waals surface area contributed by atoms with E-state index in [9.17, 15) is 4.79 Å². The van der Waals surface area contributed by atoms with Gasteiger partial charge >= 0.3 is 0 Å². The standard InChI is InChI=1S/C21H24N6O2/c1-23-20(28)19-11-15(8-9-24-19)29-14-6-7-17-13(10-14)12-25-21(26-17)27-18-5-3-2-4-16(18)22/h6-12,16,18H,2-5,22H2,1H3,(H,23,28)(H,25,26,27)/t16-,18-/m1/s1. The molecule has 1 aliphatic carbocycles.